The topological polar surface area (TPSA) is 78.2 Å². The molecule has 0 radical (unpaired) electrons. The van der Waals surface area contributed by atoms with E-state index in [1.807, 2.05) is 12.1 Å². The maximum atomic E-state index is 12.5. The summed E-state index contributed by atoms with van der Waals surface area (Å²) in [4.78, 5) is 14.0. The minimum absolute atomic E-state index is 0.0317. The van der Waals surface area contributed by atoms with Crippen molar-refractivity contribution in [3.8, 4) is 6.07 Å². The zero-order chi connectivity index (χ0) is 14.8. The third-order valence-electron chi connectivity index (χ3n) is 3.46. The third kappa shape index (κ3) is 2.99. The molecule has 2 atom stereocenters. The lowest BCUT2D eigenvalue weighted by Gasteiger charge is -2.34. The normalized spacial score (nSPS) is 22.8. The fourth-order valence-corrected chi connectivity index (χ4v) is 3.97. The highest BCUT2D eigenvalue weighted by Gasteiger charge is 2.35. The lowest BCUT2D eigenvalue weighted by molar-refractivity contribution is -0.133. The molecular formula is C14H16N2O3S. The molecule has 0 aliphatic carbocycles. The highest BCUT2D eigenvalue weighted by molar-refractivity contribution is 7.91. The van der Waals surface area contributed by atoms with Crippen molar-refractivity contribution in [2.24, 2.45) is 0 Å². The Hall–Kier alpha value is -1.87. The zero-order valence-corrected chi connectivity index (χ0v) is 12.0. The maximum Gasteiger partial charge on any atom is 0.244 e. The highest BCUT2D eigenvalue weighted by Crippen LogP contribution is 2.21. The number of hydrogen-bond donors (Lipinski definition) is 0. The van der Waals surface area contributed by atoms with Gasteiger partial charge in [0.05, 0.1) is 17.6 Å². The fourth-order valence-electron chi connectivity index (χ4n) is 2.41. The number of carbonyl (C=O) groups is 1. The monoisotopic (exact) mass is 292 g/mol. The van der Waals surface area contributed by atoms with Crippen molar-refractivity contribution < 1.29 is 13.2 Å². The molecule has 1 fully saturated rings. The number of benzene rings is 1. The SMILES string of the molecule is CC1CS(=O)(=O)CCN1C(=O)C(C#N)c1ccccc1. The Kier molecular flexibility index (Phi) is 4.09. The maximum absolute atomic E-state index is 12.5. The molecular weight excluding hydrogens is 276 g/mol. The minimum Gasteiger partial charge on any atom is -0.337 e. The summed E-state index contributed by atoms with van der Waals surface area (Å²) in [6.45, 7) is 1.86. The van der Waals surface area contributed by atoms with E-state index >= 15 is 0 Å². The van der Waals surface area contributed by atoms with Gasteiger partial charge in [0.2, 0.25) is 5.91 Å². The summed E-state index contributed by atoms with van der Waals surface area (Å²) in [5, 5.41) is 9.25. The molecule has 0 spiro atoms. The molecule has 1 aliphatic heterocycles. The van der Waals surface area contributed by atoms with Crippen molar-refractivity contribution in [1.82, 2.24) is 4.90 Å². The van der Waals surface area contributed by atoms with Crippen molar-refractivity contribution in [3.63, 3.8) is 0 Å². The van der Waals surface area contributed by atoms with Gasteiger partial charge in [0.25, 0.3) is 0 Å². The van der Waals surface area contributed by atoms with Gasteiger partial charge in [-0.3, -0.25) is 4.79 Å². The van der Waals surface area contributed by atoms with E-state index in [1.165, 1.54) is 4.90 Å². The van der Waals surface area contributed by atoms with Crippen molar-refractivity contribution >= 4 is 15.7 Å². The molecule has 0 aromatic heterocycles. The molecule has 5 nitrogen and oxygen atoms in total. The minimum atomic E-state index is -3.07. The largest absolute Gasteiger partial charge is 0.337 e. The molecule has 1 heterocycles. The average Bonchev–Trinajstić information content (AvgIpc) is 2.39. The number of sulfone groups is 1. The smallest absolute Gasteiger partial charge is 0.244 e. The first-order valence-electron chi connectivity index (χ1n) is 6.40. The van der Waals surface area contributed by atoms with Crippen molar-refractivity contribution in [2.45, 2.75) is 18.9 Å². The highest BCUT2D eigenvalue weighted by atomic mass is 32.2. The standard InChI is InChI=1S/C14H16N2O3S/c1-11-10-20(18,19)8-7-16(11)14(17)13(9-15)12-5-3-2-4-6-12/h2-6,11,13H,7-8,10H2,1H3. The van der Waals surface area contributed by atoms with Crippen LogP contribution in [0.3, 0.4) is 0 Å². The molecule has 0 N–H and O–H groups in total. The van der Waals surface area contributed by atoms with Crippen LogP contribution in [0.25, 0.3) is 0 Å². The van der Waals surface area contributed by atoms with Crippen LogP contribution in [0.15, 0.2) is 30.3 Å². The van der Waals surface area contributed by atoms with Gasteiger partial charge in [0.1, 0.15) is 5.92 Å². The number of nitriles is 1. The van der Waals surface area contributed by atoms with Crippen LogP contribution in [0.5, 0.6) is 0 Å². The van der Waals surface area contributed by atoms with Gasteiger partial charge in [-0.2, -0.15) is 5.26 Å². The predicted molar refractivity (Wildman–Crippen MR) is 74.6 cm³/mol. The van der Waals surface area contributed by atoms with E-state index < -0.39 is 15.8 Å². The Morgan fingerprint density at radius 1 is 1.40 bits per heavy atom. The molecule has 0 bridgehead atoms. The second-order valence-corrected chi connectivity index (χ2v) is 7.20. The van der Waals surface area contributed by atoms with Crippen LogP contribution in [-0.2, 0) is 14.6 Å². The molecule has 1 aromatic carbocycles. The molecule has 1 amide bonds. The van der Waals surface area contributed by atoms with Gasteiger partial charge >= 0.3 is 0 Å². The number of hydrogen-bond acceptors (Lipinski definition) is 4. The van der Waals surface area contributed by atoms with Gasteiger partial charge in [-0.25, -0.2) is 8.42 Å². The molecule has 2 unspecified atom stereocenters. The van der Waals surface area contributed by atoms with E-state index in [2.05, 4.69) is 0 Å². The van der Waals surface area contributed by atoms with Gasteiger partial charge in [-0.1, -0.05) is 30.3 Å². The lowest BCUT2D eigenvalue weighted by atomic mass is 9.98. The molecule has 1 saturated heterocycles. The number of rotatable bonds is 2. The summed E-state index contributed by atoms with van der Waals surface area (Å²) in [6, 6.07) is 10.5. The van der Waals surface area contributed by atoms with E-state index in [0.717, 1.165) is 0 Å². The molecule has 1 aromatic rings. The summed E-state index contributed by atoms with van der Waals surface area (Å²) in [6.07, 6.45) is 0. The molecule has 0 saturated carbocycles. The Morgan fingerprint density at radius 3 is 2.60 bits per heavy atom. The first kappa shape index (κ1) is 14.5. The van der Waals surface area contributed by atoms with E-state index in [1.54, 1.807) is 31.2 Å². The van der Waals surface area contributed by atoms with Crippen molar-refractivity contribution in [1.29, 1.82) is 5.26 Å². The Morgan fingerprint density at radius 2 is 2.05 bits per heavy atom. The lowest BCUT2D eigenvalue weighted by Crippen LogP contribution is -2.51. The summed E-state index contributed by atoms with van der Waals surface area (Å²) < 4.78 is 23.1. The molecule has 2 rings (SSSR count). The molecule has 6 heteroatoms. The van der Waals surface area contributed by atoms with E-state index in [0.29, 0.717) is 5.56 Å². The first-order valence-corrected chi connectivity index (χ1v) is 8.22. The summed E-state index contributed by atoms with van der Waals surface area (Å²) in [5.41, 5.74) is 0.639. The van der Waals surface area contributed by atoms with Crippen molar-refractivity contribution in [3.05, 3.63) is 35.9 Å². The molecule has 20 heavy (non-hydrogen) atoms. The van der Waals surface area contributed by atoms with E-state index in [4.69, 9.17) is 0 Å². The van der Waals surface area contributed by atoms with Gasteiger partial charge in [-0.15, -0.1) is 0 Å². The summed E-state index contributed by atoms with van der Waals surface area (Å²) in [7, 11) is -3.07. The molecule has 1 aliphatic rings. The predicted octanol–water partition coefficient (Wildman–Crippen LogP) is 0.939. The summed E-state index contributed by atoms with van der Waals surface area (Å²) >= 11 is 0. The first-order chi connectivity index (χ1) is 9.44. The van der Waals surface area contributed by atoms with Crippen molar-refractivity contribution in [2.75, 3.05) is 18.1 Å². The Balaban J connectivity index is 2.21. The second kappa shape index (κ2) is 5.63. The van der Waals surface area contributed by atoms with Gasteiger partial charge < -0.3 is 4.90 Å². The van der Waals surface area contributed by atoms with Crippen LogP contribution in [0.2, 0.25) is 0 Å². The average molecular weight is 292 g/mol. The number of carbonyl (C=O) groups excluding carboxylic acids is 1. The number of nitrogens with zero attached hydrogens (tertiary/aromatic N) is 2. The van der Waals surface area contributed by atoms with Crippen LogP contribution in [0, 0.1) is 11.3 Å². The fraction of sp³-hybridized carbons (Fsp3) is 0.429. The van der Waals surface area contributed by atoms with Gasteiger partial charge in [-0.05, 0) is 12.5 Å². The Labute approximate surface area is 118 Å². The summed E-state index contributed by atoms with van der Waals surface area (Å²) in [5.74, 6) is -1.26. The van der Waals surface area contributed by atoms with Crippen LogP contribution in [-0.4, -0.2) is 43.3 Å². The third-order valence-corrected chi connectivity index (χ3v) is 5.26. The molecule has 106 valence electrons. The van der Waals surface area contributed by atoms with E-state index in [-0.39, 0.29) is 30.0 Å². The quantitative estimate of drug-likeness (QED) is 0.812. The van der Waals surface area contributed by atoms with Crippen LogP contribution >= 0.6 is 0 Å². The van der Waals surface area contributed by atoms with Gasteiger partial charge in [0, 0.05) is 12.6 Å². The Bertz CT molecular complexity index is 634. The van der Waals surface area contributed by atoms with Crippen LogP contribution in [0.4, 0.5) is 0 Å². The van der Waals surface area contributed by atoms with Crippen LogP contribution < -0.4 is 0 Å². The second-order valence-electron chi connectivity index (χ2n) is 4.97. The zero-order valence-electron chi connectivity index (χ0n) is 11.2. The van der Waals surface area contributed by atoms with Gasteiger partial charge in [0.15, 0.2) is 9.84 Å². The van der Waals surface area contributed by atoms with E-state index in [9.17, 15) is 18.5 Å². The van der Waals surface area contributed by atoms with Crippen LogP contribution in [0.1, 0.15) is 18.4 Å². The number of amides is 1.